The van der Waals surface area contributed by atoms with E-state index in [4.69, 9.17) is 0 Å². The first-order valence-corrected chi connectivity index (χ1v) is 6.96. The van der Waals surface area contributed by atoms with E-state index in [1.54, 1.807) is 6.92 Å². The van der Waals surface area contributed by atoms with Crippen LogP contribution < -0.4 is 10.0 Å². The molecule has 0 aliphatic carbocycles. The average Bonchev–Trinajstić information content (AvgIpc) is 2.73. The number of benzene rings is 1. The van der Waals surface area contributed by atoms with Gasteiger partial charge in [0.05, 0.1) is 4.90 Å². The Kier molecular flexibility index (Phi) is 3.46. The highest BCUT2D eigenvalue weighted by atomic mass is 32.2. The Hall–Kier alpha value is -0.980. The molecule has 1 saturated heterocycles. The summed E-state index contributed by atoms with van der Waals surface area (Å²) in [6, 6.07) is 3.67. The number of aryl methyl sites for hydroxylation is 1. The molecular weight excluding hydrogens is 243 g/mol. The van der Waals surface area contributed by atoms with Crippen molar-refractivity contribution in [2.75, 3.05) is 13.1 Å². The molecule has 0 amide bonds. The van der Waals surface area contributed by atoms with Gasteiger partial charge in [-0.1, -0.05) is 6.07 Å². The van der Waals surface area contributed by atoms with Crippen LogP contribution in [-0.4, -0.2) is 27.5 Å². The molecule has 0 radical (unpaired) electrons. The highest BCUT2D eigenvalue weighted by Crippen LogP contribution is 2.17. The van der Waals surface area contributed by atoms with Crippen LogP contribution in [-0.2, 0) is 10.0 Å². The van der Waals surface area contributed by atoms with Gasteiger partial charge >= 0.3 is 0 Å². The summed E-state index contributed by atoms with van der Waals surface area (Å²) >= 11 is 0. The quantitative estimate of drug-likeness (QED) is 0.842. The van der Waals surface area contributed by atoms with Crippen LogP contribution in [0.25, 0.3) is 0 Å². The van der Waals surface area contributed by atoms with Gasteiger partial charge in [-0.15, -0.1) is 0 Å². The molecule has 94 valence electrons. The lowest BCUT2D eigenvalue weighted by molar-refractivity contribution is 0.557. The second-order valence-corrected chi connectivity index (χ2v) is 5.90. The topological polar surface area (TPSA) is 58.2 Å². The van der Waals surface area contributed by atoms with E-state index >= 15 is 0 Å². The zero-order valence-electron chi connectivity index (χ0n) is 9.53. The van der Waals surface area contributed by atoms with Crippen molar-refractivity contribution >= 4 is 10.0 Å². The monoisotopic (exact) mass is 258 g/mol. The van der Waals surface area contributed by atoms with Gasteiger partial charge in [-0.3, -0.25) is 0 Å². The van der Waals surface area contributed by atoms with Gasteiger partial charge in [0.2, 0.25) is 10.0 Å². The lowest BCUT2D eigenvalue weighted by atomic mass is 10.2. The molecule has 6 heteroatoms. The first kappa shape index (κ1) is 12.5. The van der Waals surface area contributed by atoms with Gasteiger partial charge in [-0.05, 0) is 37.6 Å². The van der Waals surface area contributed by atoms with Gasteiger partial charge < -0.3 is 5.32 Å². The van der Waals surface area contributed by atoms with E-state index in [-0.39, 0.29) is 10.9 Å². The van der Waals surface area contributed by atoms with E-state index in [0.717, 1.165) is 19.0 Å². The van der Waals surface area contributed by atoms with E-state index in [1.165, 1.54) is 12.1 Å². The maximum Gasteiger partial charge on any atom is 0.241 e. The average molecular weight is 258 g/mol. The van der Waals surface area contributed by atoms with Crippen molar-refractivity contribution in [2.24, 2.45) is 0 Å². The van der Waals surface area contributed by atoms with Crippen LogP contribution in [0.2, 0.25) is 0 Å². The number of sulfonamides is 1. The molecule has 1 aliphatic heterocycles. The van der Waals surface area contributed by atoms with Gasteiger partial charge in [0.15, 0.2) is 0 Å². The molecule has 2 rings (SSSR count). The second kappa shape index (κ2) is 4.72. The third kappa shape index (κ3) is 2.83. The Morgan fingerprint density at radius 2 is 2.24 bits per heavy atom. The molecular formula is C11H15FN2O2S. The van der Waals surface area contributed by atoms with Crippen LogP contribution in [0.4, 0.5) is 4.39 Å². The summed E-state index contributed by atoms with van der Waals surface area (Å²) in [5, 5.41) is 3.07. The molecule has 0 saturated carbocycles. The lowest BCUT2D eigenvalue weighted by Gasteiger charge is -2.13. The normalized spacial score (nSPS) is 20.7. The minimum Gasteiger partial charge on any atom is -0.315 e. The minimum absolute atomic E-state index is 0.0180. The molecule has 0 bridgehead atoms. The van der Waals surface area contributed by atoms with Crippen molar-refractivity contribution < 1.29 is 12.8 Å². The highest BCUT2D eigenvalue weighted by Gasteiger charge is 2.24. The summed E-state index contributed by atoms with van der Waals surface area (Å²) in [6.07, 6.45) is 0.758. The SMILES string of the molecule is Cc1ccc(F)cc1S(=O)(=O)NC1CCNC1. The standard InChI is InChI=1S/C11H15FN2O2S/c1-8-2-3-9(12)6-11(8)17(15,16)14-10-4-5-13-7-10/h2-3,6,10,13-14H,4-5,7H2,1H3. The molecule has 1 atom stereocenters. The van der Waals surface area contributed by atoms with Crippen LogP contribution in [0.15, 0.2) is 23.1 Å². The Morgan fingerprint density at radius 1 is 1.47 bits per heavy atom. The van der Waals surface area contributed by atoms with Crippen molar-refractivity contribution in [1.29, 1.82) is 0 Å². The largest absolute Gasteiger partial charge is 0.315 e. The third-order valence-corrected chi connectivity index (χ3v) is 4.48. The number of hydrogen-bond donors (Lipinski definition) is 2. The molecule has 4 nitrogen and oxygen atoms in total. The zero-order valence-corrected chi connectivity index (χ0v) is 10.3. The zero-order chi connectivity index (χ0) is 12.5. The molecule has 0 spiro atoms. The van der Waals surface area contributed by atoms with Gasteiger partial charge in [0.25, 0.3) is 0 Å². The van der Waals surface area contributed by atoms with E-state index in [2.05, 4.69) is 10.0 Å². The van der Waals surface area contributed by atoms with E-state index in [0.29, 0.717) is 12.1 Å². The second-order valence-electron chi connectivity index (χ2n) is 4.22. The van der Waals surface area contributed by atoms with Crippen LogP contribution in [0, 0.1) is 12.7 Å². The summed E-state index contributed by atoms with van der Waals surface area (Å²) in [4.78, 5) is 0.0180. The van der Waals surface area contributed by atoms with Crippen molar-refractivity contribution in [3.63, 3.8) is 0 Å². The van der Waals surface area contributed by atoms with Gasteiger partial charge in [-0.2, -0.15) is 0 Å². The Balaban J connectivity index is 2.27. The molecule has 0 aromatic heterocycles. The molecule has 1 aromatic carbocycles. The summed E-state index contributed by atoms with van der Waals surface area (Å²) in [6.45, 7) is 3.07. The van der Waals surface area contributed by atoms with Gasteiger partial charge in [0.1, 0.15) is 5.82 Å². The summed E-state index contributed by atoms with van der Waals surface area (Å²) in [5.41, 5.74) is 0.546. The fourth-order valence-electron chi connectivity index (χ4n) is 1.90. The first-order valence-electron chi connectivity index (χ1n) is 5.48. The molecule has 1 heterocycles. The third-order valence-electron chi connectivity index (χ3n) is 2.82. The van der Waals surface area contributed by atoms with E-state index in [9.17, 15) is 12.8 Å². The van der Waals surface area contributed by atoms with Crippen molar-refractivity contribution in [3.05, 3.63) is 29.6 Å². The Bertz CT molecular complexity index is 510. The number of rotatable bonds is 3. The molecule has 17 heavy (non-hydrogen) atoms. The van der Waals surface area contributed by atoms with E-state index in [1.807, 2.05) is 0 Å². The smallest absolute Gasteiger partial charge is 0.241 e. The van der Waals surface area contributed by atoms with E-state index < -0.39 is 15.8 Å². The Morgan fingerprint density at radius 3 is 2.88 bits per heavy atom. The summed E-state index contributed by atoms with van der Waals surface area (Å²) in [7, 11) is -3.63. The number of hydrogen-bond acceptors (Lipinski definition) is 3. The molecule has 1 aromatic rings. The van der Waals surface area contributed by atoms with Gasteiger partial charge in [-0.25, -0.2) is 17.5 Å². The molecule has 1 fully saturated rings. The predicted octanol–water partition coefficient (Wildman–Crippen LogP) is 0.774. The van der Waals surface area contributed by atoms with Crippen molar-refractivity contribution in [3.8, 4) is 0 Å². The molecule has 1 unspecified atom stereocenters. The van der Waals surface area contributed by atoms with Crippen LogP contribution in [0.5, 0.6) is 0 Å². The Labute approximate surface area is 100 Å². The lowest BCUT2D eigenvalue weighted by Crippen LogP contribution is -2.36. The minimum atomic E-state index is -3.63. The predicted molar refractivity (Wildman–Crippen MR) is 62.7 cm³/mol. The van der Waals surface area contributed by atoms with Crippen LogP contribution >= 0.6 is 0 Å². The maximum atomic E-state index is 13.1. The summed E-state index contributed by atoms with van der Waals surface area (Å²) in [5.74, 6) is -0.541. The summed E-state index contributed by atoms with van der Waals surface area (Å²) < 4.78 is 39.8. The molecule has 1 aliphatic rings. The van der Waals surface area contributed by atoms with Crippen molar-refractivity contribution in [1.82, 2.24) is 10.0 Å². The fourth-order valence-corrected chi connectivity index (χ4v) is 3.43. The number of nitrogens with one attached hydrogen (secondary N) is 2. The maximum absolute atomic E-state index is 13.1. The fraction of sp³-hybridized carbons (Fsp3) is 0.455. The highest BCUT2D eigenvalue weighted by molar-refractivity contribution is 7.89. The molecule has 2 N–H and O–H groups in total. The van der Waals surface area contributed by atoms with Gasteiger partial charge in [0, 0.05) is 12.6 Å². The van der Waals surface area contributed by atoms with Crippen molar-refractivity contribution in [2.45, 2.75) is 24.3 Å². The number of halogens is 1. The van der Waals surface area contributed by atoms with Crippen LogP contribution in [0.3, 0.4) is 0 Å². The van der Waals surface area contributed by atoms with Crippen LogP contribution in [0.1, 0.15) is 12.0 Å². The first-order chi connectivity index (χ1) is 7.99.